The third kappa shape index (κ3) is 2.50. The van der Waals surface area contributed by atoms with Crippen LogP contribution < -0.4 is 0 Å². The number of ether oxygens (including phenoxy) is 1. The number of aromatic hydroxyl groups is 1. The van der Waals surface area contributed by atoms with Gasteiger partial charge in [0.15, 0.2) is 0 Å². The van der Waals surface area contributed by atoms with Crippen LogP contribution in [0.2, 0.25) is 5.02 Å². The molecule has 0 aromatic heterocycles. The van der Waals surface area contributed by atoms with Gasteiger partial charge >= 0.3 is 0 Å². The van der Waals surface area contributed by atoms with Gasteiger partial charge < -0.3 is 14.7 Å². The van der Waals surface area contributed by atoms with E-state index in [0.29, 0.717) is 23.7 Å². The van der Waals surface area contributed by atoms with Crippen LogP contribution in [0, 0.1) is 0 Å². The lowest BCUT2D eigenvalue weighted by Crippen LogP contribution is -2.54. The van der Waals surface area contributed by atoms with Crippen molar-refractivity contribution in [3.8, 4) is 5.75 Å². The normalized spacial score (nSPS) is 26.1. The molecular formula is C15H18ClNO3. The number of phenolic OH excluding ortho intramolecular Hbond substituents is 1. The van der Waals surface area contributed by atoms with Crippen molar-refractivity contribution in [2.45, 2.75) is 37.8 Å². The molecule has 20 heavy (non-hydrogen) atoms. The first-order chi connectivity index (χ1) is 9.66. The van der Waals surface area contributed by atoms with Crippen LogP contribution in [0.1, 0.15) is 36.0 Å². The molecule has 1 saturated carbocycles. The summed E-state index contributed by atoms with van der Waals surface area (Å²) in [4.78, 5) is 14.6. The van der Waals surface area contributed by atoms with E-state index in [4.69, 9.17) is 16.3 Å². The topological polar surface area (TPSA) is 49.8 Å². The van der Waals surface area contributed by atoms with Crippen LogP contribution >= 0.6 is 11.6 Å². The van der Waals surface area contributed by atoms with Crippen molar-refractivity contribution in [1.82, 2.24) is 4.90 Å². The van der Waals surface area contributed by atoms with Crippen LogP contribution in [0.5, 0.6) is 5.75 Å². The highest BCUT2D eigenvalue weighted by atomic mass is 35.5. The predicted octanol–water partition coefficient (Wildman–Crippen LogP) is 2.83. The van der Waals surface area contributed by atoms with Crippen LogP contribution in [0.3, 0.4) is 0 Å². The highest BCUT2D eigenvalue weighted by molar-refractivity contribution is 6.33. The molecule has 108 valence electrons. The zero-order valence-corrected chi connectivity index (χ0v) is 12.0. The van der Waals surface area contributed by atoms with Gasteiger partial charge in [-0.25, -0.2) is 0 Å². The van der Waals surface area contributed by atoms with E-state index >= 15 is 0 Å². The van der Waals surface area contributed by atoms with E-state index in [9.17, 15) is 9.90 Å². The number of hydrogen-bond acceptors (Lipinski definition) is 3. The molecular weight excluding hydrogens is 278 g/mol. The minimum Gasteiger partial charge on any atom is -0.508 e. The summed E-state index contributed by atoms with van der Waals surface area (Å²) in [6.45, 7) is 1.16. The first kappa shape index (κ1) is 13.7. The lowest BCUT2D eigenvalue weighted by atomic mass is 9.89. The molecule has 1 amide bonds. The maximum atomic E-state index is 12.7. The Bertz CT molecular complexity index is 518. The number of fused-ring (bicyclic) bond motifs is 1. The maximum Gasteiger partial charge on any atom is 0.255 e. The van der Waals surface area contributed by atoms with E-state index in [1.807, 2.05) is 4.90 Å². The second-order valence-electron chi connectivity index (χ2n) is 5.42. The summed E-state index contributed by atoms with van der Waals surface area (Å²) in [5.74, 6) is -0.0442. The molecule has 1 N–H and O–H groups in total. The predicted molar refractivity (Wildman–Crippen MR) is 76.1 cm³/mol. The van der Waals surface area contributed by atoms with E-state index in [1.54, 1.807) is 6.07 Å². The molecule has 0 radical (unpaired) electrons. The highest BCUT2D eigenvalue weighted by Crippen LogP contribution is 2.31. The molecule has 1 aliphatic heterocycles. The van der Waals surface area contributed by atoms with E-state index < -0.39 is 0 Å². The van der Waals surface area contributed by atoms with Crippen LogP contribution in [0.4, 0.5) is 0 Å². The smallest absolute Gasteiger partial charge is 0.255 e. The number of hydrogen-bond donors (Lipinski definition) is 1. The molecule has 4 nitrogen and oxygen atoms in total. The zero-order chi connectivity index (χ0) is 14.1. The number of morpholine rings is 1. The molecule has 2 unspecified atom stereocenters. The fourth-order valence-electron chi connectivity index (χ4n) is 3.18. The van der Waals surface area contributed by atoms with E-state index in [-0.39, 0.29) is 23.8 Å². The minimum atomic E-state index is -0.105. The van der Waals surface area contributed by atoms with Gasteiger partial charge in [-0.05, 0) is 31.0 Å². The van der Waals surface area contributed by atoms with Crippen molar-refractivity contribution in [3.63, 3.8) is 0 Å². The summed E-state index contributed by atoms with van der Waals surface area (Å²) >= 11 is 6.10. The Morgan fingerprint density at radius 1 is 1.35 bits per heavy atom. The number of phenols is 1. The van der Waals surface area contributed by atoms with Crippen LogP contribution in [0.25, 0.3) is 0 Å². The van der Waals surface area contributed by atoms with Gasteiger partial charge in [-0.15, -0.1) is 0 Å². The molecule has 1 heterocycles. The average molecular weight is 296 g/mol. The van der Waals surface area contributed by atoms with E-state index in [0.717, 1.165) is 25.7 Å². The van der Waals surface area contributed by atoms with E-state index in [2.05, 4.69) is 0 Å². The van der Waals surface area contributed by atoms with Gasteiger partial charge in [0.1, 0.15) is 5.75 Å². The average Bonchev–Trinajstić information content (AvgIpc) is 2.48. The zero-order valence-electron chi connectivity index (χ0n) is 11.2. The number of amides is 1. The molecule has 1 aliphatic carbocycles. The fourth-order valence-corrected chi connectivity index (χ4v) is 3.38. The summed E-state index contributed by atoms with van der Waals surface area (Å²) in [6, 6.07) is 4.63. The van der Waals surface area contributed by atoms with Crippen molar-refractivity contribution < 1.29 is 14.6 Å². The lowest BCUT2D eigenvalue weighted by Gasteiger charge is -2.43. The fraction of sp³-hybridized carbons (Fsp3) is 0.533. The highest BCUT2D eigenvalue weighted by Gasteiger charge is 2.37. The minimum absolute atomic E-state index is 0.0613. The number of carbonyl (C=O) groups excluding carboxylic acids is 1. The van der Waals surface area contributed by atoms with Gasteiger partial charge in [0.25, 0.3) is 5.91 Å². The number of benzene rings is 1. The number of rotatable bonds is 1. The van der Waals surface area contributed by atoms with Crippen LogP contribution in [0.15, 0.2) is 18.2 Å². The van der Waals surface area contributed by atoms with Gasteiger partial charge in [-0.3, -0.25) is 4.79 Å². The number of halogens is 1. The Hall–Kier alpha value is -1.26. The first-order valence-electron chi connectivity index (χ1n) is 7.08. The Morgan fingerprint density at radius 3 is 3.00 bits per heavy atom. The summed E-state index contributed by atoms with van der Waals surface area (Å²) in [7, 11) is 0. The van der Waals surface area contributed by atoms with Crippen LogP contribution in [-0.4, -0.2) is 41.2 Å². The molecule has 2 atom stereocenters. The second-order valence-corrected chi connectivity index (χ2v) is 5.83. The molecule has 1 aromatic carbocycles. The molecule has 1 aromatic rings. The largest absolute Gasteiger partial charge is 0.508 e. The summed E-state index contributed by atoms with van der Waals surface area (Å²) < 4.78 is 5.78. The molecule has 5 heteroatoms. The molecule has 1 saturated heterocycles. The Balaban J connectivity index is 1.87. The monoisotopic (exact) mass is 295 g/mol. The summed E-state index contributed by atoms with van der Waals surface area (Å²) in [5, 5.41) is 9.94. The van der Waals surface area contributed by atoms with Gasteiger partial charge in [0.2, 0.25) is 0 Å². The molecule has 0 spiro atoms. The molecule has 0 bridgehead atoms. The van der Waals surface area contributed by atoms with Crippen LogP contribution in [-0.2, 0) is 4.74 Å². The Kier molecular flexibility index (Phi) is 3.85. The van der Waals surface area contributed by atoms with Crippen molar-refractivity contribution in [2.24, 2.45) is 0 Å². The number of carbonyl (C=O) groups is 1. The standard InChI is InChI=1S/C15H18ClNO3/c16-12-6-5-10(18)9-11(12)15(19)17-7-8-20-14-4-2-1-3-13(14)17/h5-6,9,13-14,18H,1-4,7-8H2. The lowest BCUT2D eigenvalue weighted by molar-refractivity contribution is -0.0752. The van der Waals surface area contributed by atoms with Gasteiger partial charge in [-0.2, -0.15) is 0 Å². The van der Waals surface area contributed by atoms with Crippen molar-refractivity contribution in [3.05, 3.63) is 28.8 Å². The molecule has 3 rings (SSSR count). The Labute approximate surface area is 123 Å². The van der Waals surface area contributed by atoms with Gasteiger partial charge in [0.05, 0.1) is 29.3 Å². The first-order valence-corrected chi connectivity index (χ1v) is 7.45. The third-order valence-corrected chi connectivity index (χ3v) is 4.50. The van der Waals surface area contributed by atoms with Crippen molar-refractivity contribution >= 4 is 17.5 Å². The van der Waals surface area contributed by atoms with E-state index in [1.165, 1.54) is 12.1 Å². The van der Waals surface area contributed by atoms with Gasteiger partial charge in [0, 0.05) is 6.54 Å². The maximum absolute atomic E-state index is 12.7. The summed E-state index contributed by atoms with van der Waals surface area (Å²) in [5.41, 5.74) is 0.373. The summed E-state index contributed by atoms with van der Waals surface area (Å²) in [6.07, 6.45) is 4.44. The number of nitrogens with zero attached hydrogens (tertiary/aromatic N) is 1. The Morgan fingerprint density at radius 2 is 2.15 bits per heavy atom. The third-order valence-electron chi connectivity index (χ3n) is 4.17. The SMILES string of the molecule is O=C(c1cc(O)ccc1Cl)N1CCOC2CCCCC21. The second kappa shape index (κ2) is 5.62. The van der Waals surface area contributed by atoms with Crippen molar-refractivity contribution in [1.29, 1.82) is 0 Å². The molecule has 2 aliphatic rings. The van der Waals surface area contributed by atoms with Crippen molar-refractivity contribution in [2.75, 3.05) is 13.2 Å². The molecule has 2 fully saturated rings. The van der Waals surface area contributed by atoms with Gasteiger partial charge in [-0.1, -0.05) is 24.4 Å². The quantitative estimate of drug-likeness (QED) is 0.867.